The van der Waals surface area contributed by atoms with Crippen molar-refractivity contribution in [1.82, 2.24) is 19.9 Å². The highest BCUT2D eigenvalue weighted by molar-refractivity contribution is 5.35. The van der Waals surface area contributed by atoms with Crippen molar-refractivity contribution in [3.63, 3.8) is 0 Å². The highest BCUT2D eigenvalue weighted by atomic mass is 19.1. The summed E-state index contributed by atoms with van der Waals surface area (Å²) in [5.74, 6) is 0.885. The van der Waals surface area contributed by atoms with Gasteiger partial charge in [-0.3, -0.25) is 0 Å². The van der Waals surface area contributed by atoms with Crippen LogP contribution in [0.2, 0.25) is 0 Å². The zero-order chi connectivity index (χ0) is 13.2. The average molecular weight is 263 g/mol. The highest BCUT2D eigenvalue weighted by Crippen LogP contribution is 2.33. The predicted octanol–water partition coefficient (Wildman–Crippen LogP) is 1.31. The van der Waals surface area contributed by atoms with Gasteiger partial charge in [0.15, 0.2) is 5.82 Å². The van der Waals surface area contributed by atoms with E-state index in [-0.39, 0.29) is 12.1 Å². The summed E-state index contributed by atoms with van der Waals surface area (Å²) in [7, 11) is 1.68. The molecule has 2 atom stereocenters. The Labute approximate surface area is 109 Å². The van der Waals surface area contributed by atoms with Gasteiger partial charge in [0.05, 0.1) is 24.5 Å². The van der Waals surface area contributed by atoms with Crippen LogP contribution in [0.25, 0.3) is 0 Å². The molecule has 0 aromatic carbocycles. The summed E-state index contributed by atoms with van der Waals surface area (Å²) in [6.45, 7) is 0.660. The van der Waals surface area contributed by atoms with Crippen molar-refractivity contribution in [2.24, 2.45) is 0 Å². The normalized spacial score (nSPS) is 22.9. The maximum atomic E-state index is 12.9. The highest BCUT2D eigenvalue weighted by Gasteiger charge is 2.36. The molecule has 1 aliphatic heterocycles. The van der Waals surface area contributed by atoms with Gasteiger partial charge >= 0.3 is 0 Å². The van der Waals surface area contributed by atoms with Crippen LogP contribution in [0.3, 0.4) is 0 Å². The van der Waals surface area contributed by atoms with Crippen LogP contribution in [-0.2, 0) is 4.74 Å². The second-order valence-corrected chi connectivity index (χ2v) is 4.44. The molecule has 6 nitrogen and oxygen atoms in total. The van der Waals surface area contributed by atoms with E-state index < -0.39 is 5.82 Å². The monoisotopic (exact) mass is 263 g/mol. The number of ether oxygens (including phenoxy) is 1. The second-order valence-electron chi connectivity index (χ2n) is 4.44. The number of nitrogens with one attached hydrogen (secondary N) is 1. The molecule has 0 saturated carbocycles. The molecule has 1 saturated heterocycles. The van der Waals surface area contributed by atoms with E-state index in [1.165, 1.54) is 12.4 Å². The van der Waals surface area contributed by atoms with Crippen LogP contribution in [0.4, 0.5) is 10.3 Å². The van der Waals surface area contributed by atoms with Gasteiger partial charge in [-0.15, -0.1) is 0 Å². The third-order valence-corrected chi connectivity index (χ3v) is 3.29. The van der Waals surface area contributed by atoms with E-state index >= 15 is 0 Å². The van der Waals surface area contributed by atoms with Crippen molar-refractivity contribution >= 4 is 5.95 Å². The minimum absolute atomic E-state index is 0.0189. The summed E-state index contributed by atoms with van der Waals surface area (Å²) >= 11 is 0. The molecule has 1 unspecified atom stereocenters. The van der Waals surface area contributed by atoms with Gasteiger partial charge in [0.2, 0.25) is 5.95 Å². The Bertz CT molecular complexity index is 530. The smallest absolute Gasteiger partial charge is 0.226 e. The maximum Gasteiger partial charge on any atom is 0.226 e. The largest absolute Gasteiger partial charge is 0.380 e. The number of nitrogens with zero attached hydrogens (tertiary/aromatic N) is 4. The van der Waals surface area contributed by atoms with Crippen molar-refractivity contribution in [2.75, 3.05) is 18.6 Å². The van der Waals surface area contributed by atoms with Gasteiger partial charge in [-0.2, -0.15) is 0 Å². The molecule has 2 aromatic rings. The van der Waals surface area contributed by atoms with Gasteiger partial charge in [0, 0.05) is 32.5 Å². The second kappa shape index (κ2) is 4.93. The average Bonchev–Trinajstić information content (AvgIpc) is 3.08. The molecule has 2 aromatic heterocycles. The Balaban J connectivity index is 1.90. The molecule has 1 fully saturated rings. The fraction of sp³-hybridized carbons (Fsp3) is 0.417. The van der Waals surface area contributed by atoms with Crippen molar-refractivity contribution in [1.29, 1.82) is 0 Å². The summed E-state index contributed by atoms with van der Waals surface area (Å²) in [6, 6.07) is 0.0189. The van der Waals surface area contributed by atoms with E-state index in [1.807, 2.05) is 4.90 Å². The Morgan fingerprint density at radius 2 is 2.16 bits per heavy atom. The van der Waals surface area contributed by atoms with Gasteiger partial charge in [-0.05, 0) is 0 Å². The molecule has 0 aliphatic carbocycles. The zero-order valence-corrected chi connectivity index (χ0v) is 10.5. The predicted molar refractivity (Wildman–Crippen MR) is 66.1 cm³/mol. The zero-order valence-electron chi connectivity index (χ0n) is 10.5. The SMILES string of the molecule is CO[C@@H]1CC(c2ncc[nH]2)N(c2ncc(F)cn2)C1. The third-order valence-electron chi connectivity index (χ3n) is 3.29. The molecule has 0 bridgehead atoms. The standard InChI is InChI=1S/C12H14FN5O/c1-19-9-4-10(11-14-2-3-15-11)18(7-9)12-16-5-8(13)6-17-12/h2-3,5-6,9-10H,4,7H2,1H3,(H,14,15)/t9-,10?/m1/s1. The minimum atomic E-state index is -0.444. The van der Waals surface area contributed by atoms with Crippen LogP contribution in [0.15, 0.2) is 24.8 Å². The van der Waals surface area contributed by atoms with E-state index in [4.69, 9.17) is 4.74 Å². The number of methoxy groups -OCH3 is 1. The summed E-state index contributed by atoms with van der Waals surface area (Å²) in [6.07, 6.45) is 6.70. The first-order valence-corrected chi connectivity index (χ1v) is 6.04. The first kappa shape index (κ1) is 12.0. The number of imidazole rings is 1. The molecule has 1 N–H and O–H groups in total. The Morgan fingerprint density at radius 3 is 2.79 bits per heavy atom. The molecule has 0 spiro atoms. The lowest BCUT2D eigenvalue weighted by atomic mass is 10.2. The van der Waals surface area contributed by atoms with Gasteiger partial charge in [-0.25, -0.2) is 19.3 Å². The fourth-order valence-corrected chi connectivity index (χ4v) is 2.36. The van der Waals surface area contributed by atoms with E-state index in [9.17, 15) is 4.39 Å². The van der Waals surface area contributed by atoms with Gasteiger partial charge in [-0.1, -0.05) is 0 Å². The van der Waals surface area contributed by atoms with Gasteiger partial charge in [0.1, 0.15) is 5.82 Å². The first-order chi connectivity index (χ1) is 9.28. The fourth-order valence-electron chi connectivity index (χ4n) is 2.36. The van der Waals surface area contributed by atoms with Crippen LogP contribution < -0.4 is 4.90 Å². The lowest BCUT2D eigenvalue weighted by Gasteiger charge is -2.22. The van der Waals surface area contributed by atoms with Crippen LogP contribution in [-0.4, -0.2) is 39.7 Å². The first-order valence-electron chi connectivity index (χ1n) is 6.04. The number of anilines is 1. The van der Waals surface area contributed by atoms with E-state index in [0.717, 1.165) is 12.2 Å². The maximum absolute atomic E-state index is 12.9. The van der Waals surface area contributed by atoms with E-state index in [2.05, 4.69) is 19.9 Å². The van der Waals surface area contributed by atoms with Crippen LogP contribution in [0.1, 0.15) is 18.3 Å². The third kappa shape index (κ3) is 2.28. The number of halogens is 1. The summed E-state index contributed by atoms with van der Waals surface area (Å²) < 4.78 is 18.3. The number of rotatable bonds is 3. The molecule has 0 radical (unpaired) electrons. The quantitative estimate of drug-likeness (QED) is 0.904. The molecular weight excluding hydrogens is 249 g/mol. The minimum Gasteiger partial charge on any atom is -0.380 e. The summed E-state index contributed by atoms with van der Waals surface area (Å²) in [4.78, 5) is 17.4. The Kier molecular flexibility index (Phi) is 3.12. The lowest BCUT2D eigenvalue weighted by molar-refractivity contribution is 0.118. The molecular formula is C12H14FN5O. The number of hydrogen-bond donors (Lipinski definition) is 1. The number of H-pyrrole nitrogens is 1. The van der Waals surface area contributed by atoms with Crippen molar-refractivity contribution in [3.8, 4) is 0 Å². The topological polar surface area (TPSA) is 66.9 Å². The molecule has 3 heterocycles. The molecule has 3 rings (SSSR count). The molecule has 7 heteroatoms. The summed E-state index contributed by atoms with van der Waals surface area (Å²) in [5.41, 5.74) is 0. The Hall–Kier alpha value is -2.02. The number of aromatic nitrogens is 4. The van der Waals surface area contributed by atoms with E-state index in [1.54, 1.807) is 19.5 Å². The summed E-state index contributed by atoms with van der Waals surface area (Å²) in [5, 5.41) is 0. The van der Waals surface area contributed by atoms with Crippen molar-refractivity contribution in [3.05, 3.63) is 36.4 Å². The van der Waals surface area contributed by atoms with Crippen molar-refractivity contribution in [2.45, 2.75) is 18.6 Å². The van der Waals surface area contributed by atoms with Gasteiger partial charge < -0.3 is 14.6 Å². The van der Waals surface area contributed by atoms with Gasteiger partial charge in [0.25, 0.3) is 0 Å². The van der Waals surface area contributed by atoms with Crippen LogP contribution in [0, 0.1) is 5.82 Å². The van der Waals surface area contributed by atoms with Crippen LogP contribution >= 0.6 is 0 Å². The van der Waals surface area contributed by atoms with Crippen LogP contribution in [0.5, 0.6) is 0 Å². The molecule has 0 amide bonds. The molecule has 19 heavy (non-hydrogen) atoms. The number of aromatic amines is 1. The molecule has 100 valence electrons. The van der Waals surface area contributed by atoms with Crippen molar-refractivity contribution < 1.29 is 9.13 Å². The number of hydrogen-bond acceptors (Lipinski definition) is 5. The molecule has 1 aliphatic rings. The Morgan fingerprint density at radius 1 is 1.37 bits per heavy atom. The lowest BCUT2D eigenvalue weighted by Crippen LogP contribution is -2.27. The van der Waals surface area contributed by atoms with E-state index in [0.29, 0.717) is 12.5 Å².